The maximum Gasteiger partial charge on any atom is 0.411 e. The maximum absolute atomic E-state index is 13.5. The molecule has 248 valence electrons. The van der Waals surface area contributed by atoms with Crippen molar-refractivity contribution in [3.63, 3.8) is 0 Å². The number of hydrogen-bond acceptors (Lipinski definition) is 9. The zero-order valence-electron chi connectivity index (χ0n) is 26.1. The lowest BCUT2D eigenvalue weighted by atomic mass is 9.89. The molecule has 2 N–H and O–H groups in total. The van der Waals surface area contributed by atoms with Crippen molar-refractivity contribution in [3.05, 3.63) is 82.4 Å². The van der Waals surface area contributed by atoms with Gasteiger partial charge in [0.2, 0.25) is 11.8 Å². The first-order valence-electron chi connectivity index (χ1n) is 15.6. The number of halogens is 2. The van der Waals surface area contributed by atoms with Crippen molar-refractivity contribution < 1.29 is 19.1 Å². The van der Waals surface area contributed by atoms with Crippen molar-refractivity contribution >= 4 is 52.9 Å². The summed E-state index contributed by atoms with van der Waals surface area (Å²) in [5.74, 6) is 0.149. The molecule has 2 aliphatic rings. The number of ether oxygens (including phenoxy) is 1. The lowest BCUT2D eigenvalue weighted by Gasteiger charge is -2.34. The molecule has 4 aromatic rings. The van der Waals surface area contributed by atoms with E-state index in [-0.39, 0.29) is 28.8 Å². The highest BCUT2D eigenvalue weighted by molar-refractivity contribution is 6.32. The van der Waals surface area contributed by atoms with Crippen LogP contribution >= 0.6 is 23.2 Å². The van der Waals surface area contributed by atoms with Crippen LogP contribution in [-0.2, 0) is 14.3 Å². The van der Waals surface area contributed by atoms with Crippen LogP contribution in [0.15, 0.2) is 60.9 Å². The summed E-state index contributed by atoms with van der Waals surface area (Å²) in [5.41, 5.74) is 3.71. The van der Waals surface area contributed by atoms with Gasteiger partial charge in [-0.2, -0.15) is 9.78 Å². The third-order valence-electron chi connectivity index (χ3n) is 8.39. The summed E-state index contributed by atoms with van der Waals surface area (Å²) in [5, 5.41) is 26.4. The Morgan fingerprint density at radius 3 is 2.60 bits per heavy atom. The van der Waals surface area contributed by atoms with Gasteiger partial charge in [0.25, 0.3) is 0 Å². The number of rotatable bonds is 10. The summed E-state index contributed by atoms with van der Waals surface area (Å²) in [6.45, 7) is 1.37. The van der Waals surface area contributed by atoms with Crippen LogP contribution < -0.4 is 10.6 Å². The Balaban J connectivity index is 1.26. The third kappa shape index (κ3) is 8.15. The average molecular weight is 691 g/mol. The number of tetrazole rings is 1. The number of nitrogens with one attached hydrogen (secondary N) is 2. The summed E-state index contributed by atoms with van der Waals surface area (Å²) in [6, 6.07) is 13.5. The van der Waals surface area contributed by atoms with E-state index in [4.69, 9.17) is 23.2 Å². The van der Waals surface area contributed by atoms with Crippen molar-refractivity contribution in [1.82, 2.24) is 40.6 Å². The lowest BCUT2D eigenvalue weighted by molar-refractivity contribution is -0.134. The molecule has 2 aromatic carbocycles. The molecule has 1 saturated heterocycles. The van der Waals surface area contributed by atoms with Crippen LogP contribution in [0.1, 0.15) is 49.4 Å². The van der Waals surface area contributed by atoms with E-state index < -0.39 is 12.1 Å². The molecule has 15 heteroatoms. The molecule has 13 nitrogen and oxygen atoms in total. The van der Waals surface area contributed by atoms with Gasteiger partial charge >= 0.3 is 6.09 Å². The predicted octanol–water partition coefficient (Wildman–Crippen LogP) is 5.51. The number of nitrogens with zero attached hydrogens (tertiary/aromatic N) is 7. The van der Waals surface area contributed by atoms with Crippen molar-refractivity contribution in [3.8, 4) is 16.8 Å². The number of piperidine rings is 1. The molecule has 1 aliphatic carbocycles. The number of likely N-dealkylation sites (tertiary alicyclic amines) is 1. The van der Waals surface area contributed by atoms with Gasteiger partial charge in [0.05, 0.1) is 24.5 Å². The number of amides is 3. The maximum atomic E-state index is 13.5. The van der Waals surface area contributed by atoms with E-state index in [2.05, 4.69) is 41.1 Å². The summed E-state index contributed by atoms with van der Waals surface area (Å²) < 4.78 is 6.15. The minimum atomic E-state index is -0.580. The molecule has 0 radical (unpaired) electrons. The number of carbonyl (C=O) groups is 3. The average Bonchev–Trinajstić information content (AvgIpc) is 3.81. The number of benzene rings is 2. The number of anilines is 1. The van der Waals surface area contributed by atoms with Gasteiger partial charge in [-0.3, -0.25) is 14.9 Å². The normalized spacial score (nSPS) is 16.8. The van der Waals surface area contributed by atoms with Crippen LogP contribution in [0.3, 0.4) is 0 Å². The highest BCUT2D eigenvalue weighted by Crippen LogP contribution is 2.35. The zero-order valence-corrected chi connectivity index (χ0v) is 27.6. The van der Waals surface area contributed by atoms with E-state index in [1.807, 2.05) is 11.0 Å². The van der Waals surface area contributed by atoms with E-state index in [0.29, 0.717) is 46.2 Å². The van der Waals surface area contributed by atoms with Gasteiger partial charge in [0.15, 0.2) is 5.15 Å². The smallest absolute Gasteiger partial charge is 0.411 e. The van der Waals surface area contributed by atoms with Crippen LogP contribution in [0.25, 0.3) is 22.9 Å². The van der Waals surface area contributed by atoms with Gasteiger partial charge in [-0.25, -0.2) is 4.79 Å². The minimum Gasteiger partial charge on any atom is -0.453 e. The molecular formula is C33H33Cl2N9O4. The molecule has 48 heavy (non-hydrogen) atoms. The molecule has 2 atom stereocenters. The monoisotopic (exact) mass is 689 g/mol. The van der Waals surface area contributed by atoms with E-state index >= 15 is 0 Å². The topological polar surface area (TPSA) is 157 Å². The fraction of sp³-hybridized carbons (Fsp3) is 0.333. The van der Waals surface area contributed by atoms with Crippen LogP contribution in [-0.4, -0.2) is 73.4 Å². The second-order valence-electron chi connectivity index (χ2n) is 11.8. The highest BCUT2D eigenvalue weighted by atomic mass is 35.5. The van der Waals surface area contributed by atoms with E-state index in [0.717, 1.165) is 37.8 Å². The molecular weight excluding hydrogens is 657 g/mol. The molecule has 0 spiro atoms. The molecule has 1 aliphatic heterocycles. The van der Waals surface area contributed by atoms with Gasteiger partial charge in [0.1, 0.15) is 6.33 Å². The SMILES string of the molecule is COC(=O)Nc1ccc(-c2cc(C(CC3CCCN(C(=O)C4CC4)C3)NC(=O)C=Cc3cc(Cl)ccc3-n3cnnn3)nnc2Cl)cc1. The summed E-state index contributed by atoms with van der Waals surface area (Å²) in [6.07, 6.45) is 8.20. The van der Waals surface area contributed by atoms with E-state index in [9.17, 15) is 14.4 Å². The predicted molar refractivity (Wildman–Crippen MR) is 179 cm³/mol. The fourth-order valence-electron chi connectivity index (χ4n) is 5.82. The first-order valence-corrected chi connectivity index (χ1v) is 16.3. The van der Waals surface area contributed by atoms with E-state index in [1.165, 1.54) is 24.2 Å². The van der Waals surface area contributed by atoms with Crippen molar-refractivity contribution in [2.24, 2.45) is 11.8 Å². The largest absolute Gasteiger partial charge is 0.453 e. The molecule has 2 aromatic heterocycles. The number of aromatic nitrogens is 6. The quantitative estimate of drug-likeness (QED) is 0.205. The fourth-order valence-corrected chi connectivity index (χ4v) is 6.21. The first kappa shape index (κ1) is 33.0. The Bertz CT molecular complexity index is 1810. The molecule has 1 saturated carbocycles. The van der Waals surface area contributed by atoms with Crippen LogP contribution in [0.5, 0.6) is 0 Å². The molecule has 2 unspecified atom stereocenters. The first-order chi connectivity index (χ1) is 23.3. The van der Waals surface area contributed by atoms with Gasteiger partial charge in [-0.1, -0.05) is 35.3 Å². The van der Waals surface area contributed by atoms with Crippen molar-refractivity contribution in [1.29, 1.82) is 0 Å². The Kier molecular flexibility index (Phi) is 10.3. The van der Waals surface area contributed by atoms with Gasteiger partial charge in [-0.05, 0) is 96.5 Å². The number of hydrogen-bond donors (Lipinski definition) is 2. The second-order valence-corrected chi connectivity index (χ2v) is 12.6. The summed E-state index contributed by atoms with van der Waals surface area (Å²) in [7, 11) is 1.29. The van der Waals surface area contributed by atoms with Crippen LogP contribution in [0, 0.1) is 11.8 Å². The minimum absolute atomic E-state index is 0.139. The molecule has 6 rings (SSSR count). The van der Waals surface area contributed by atoms with Gasteiger partial charge < -0.3 is 15.0 Å². The van der Waals surface area contributed by atoms with Crippen LogP contribution in [0.2, 0.25) is 10.2 Å². The van der Waals surface area contributed by atoms with Crippen molar-refractivity contribution in [2.45, 2.75) is 38.1 Å². The standard InChI is InChI=1S/C33H33Cl2N9O4/c1-48-33(47)37-25-10-6-21(7-11-25)26-17-28(39-40-31(26)35)27(15-20-3-2-14-43(18-20)32(46)22-4-5-22)38-30(45)13-8-23-16-24(34)9-12-29(23)44-19-36-41-42-44/h6-13,16-17,19-20,22,27H,2-5,14-15,18H2,1H3,(H,37,47)(H,38,45). The van der Waals surface area contributed by atoms with Crippen LogP contribution in [0.4, 0.5) is 10.5 Å². The molecule has 3 heterocycles. The second kappa shape index (κ2) is 14.9. The third-order valence-corrected chi connectivity index (χ3v) is 8.91. The molecule has 2 fully saturated rings. The van der Waals surface area contributed by atoms with Gasteiger partial charge in [0, 0.05) is 46.9 Å². The summed E-state index contributed by atoms with van der Waals surface area (Å²) >= 11 is 12.8. The highest BCUT2D eigenvalue weighted by Gasteiger charge is 2.36. The Morgan fingerprint density at radius 1 is 1.06 bits per heavy atom. The zero-order chi connectivity index (χ0) is 33.6. The molecule has 3 amide bonds. The Hall–Kier alpha value is -4.88. The number of carbonyl (C=O) groups excluding carboxylic acids is 3. The lowest BCUT2D eigenvalue weighted by Crippen LogP contribution is -2.42. The Labute approximate surface area is 286 Å². The Morgan fingerprint density at radius 2 is 1.88 bits per heavy atom. The molecule has 0 bridgehead atoms. The van der Waals surface area contributed by atoms with E-state index in [1.54, 1.807) is 48.5 Å². The van der Waals surface area contributed by atoms with Gasteiger partial charge in [-0.15, -0.1) is 10.2 Å². The number of methoxy groups -OCH3 is 1. The van der Waals surface area contributed by atoms with Crippen molar-refractivity contribution in [2.75, 3.05) is 25.5 Å². The summed E-state index contributed by atoms with van der Waals surface area (Å²) in [4.78, 5) is 40.0.